The minimum atomic E-state index is 0.00715. The third kappa shape index (κ3) is 4.51. The summed E-state index contributed by atoms with van der Waals surface area (Å²) in [4.78, 5) is 18.3. The smallest absolute Gasteiger partial charge is 0.245 e. The molecule has 4 aromatic rings. The predicted molar refractivity (Wildman–Crippen MR) is 129 cm³/mol. The van der Waals surface area contributed by atoms with Crippen LogP contribution in [-0.2, 0) is 11.3 Å². The van der Waals surface area contributed by atoms with Crippen LogP contribution in [0.1, 0.15) is 12.8 Å². The van der Waals surface area contributed by atoms with E-state index in [1.165, 1.54) is 6.08 Å². The van der Waals surface area contributed by atoms with Gasteiger partial charge in [-0.1, -0.05) is 24.8 Å². The molecule has 1 amide bonds. The van der Waals surface area contributed by atoms with Gasteiger partial charge in [-0.25, -0.2) is 0 Å². The Hall–Kier alpha value is -3.93. The molecule has 1 fully saturated rings. The summed E-state index contributed by atoms with van der Waals surface area (Å²) in [5, 5.41) is 5.99. The number of benzene rings is 2. The summed E-state index contributed by atoms with van der Waals surface area (Å²) >= 11 is 0. The number of para-hydroxylation sites is 1. The van der Waals surface area contributed by atoms with E-state index < -0.39 is 0 Å². The van der Waals surface area contributed by atoms with E-state index in [9.17, 15) is 4.79 Å². The highest BCUT2D eigenvalue weighted by Gasteiger charge is 2.24. The van der Waals surface area contributed by atoms with Gasteiger partial charge in [-0.3, -0.25) is 14.5 Å². The van der Waals surface area contributed by atoms with Crippen molar-refractivity contribution in [2.75, 3.05) is 13.1 Å². The van der Waals surface area contributed by atoms with Crippen LogP contribution in [0.2, 0.25) is 0 Å². The molecule has 1 unspecified atom stereocenters. The van der Waals surface area contributed by atoms with Gasteiger partial charge < -0.3 is 9.64 Å². The molecule has 6 nitrogen and oxygen atoms in total. The summed E-state index contributed by atoms with van der Waals surface area (Å²) in [5.74, 6) is 1.95. The minimum Gasteiger partial charge on any atom is -0.457 e. The van der Waals surface area contributed by atoms with E-state index in [1.54, 1.807) is 6.20 Å². The van der Waals surface area contributed by atoms with E-state index in [1.807, 2.05) is 71.8 Å². The number of rotatable bonds is 6. The first kappa shape index (κ1) is 20.9. The highest BCUT2D eigenvalue weighted by Crippen LogP contribution is 2.31. The second kappa shape index (κ2) is 9.28. The second-order valence-corrected chi connectivity index (χ2v) is 8.36. The Balaban J connectivity index is 1.39. The van der Waals surface area contributed by atoms with E-state index in [4.69, 9.17) is 9.84 Å². The molecule has 0 saturated carbocycles. The molecule has 33 heavy (non-hydrogen) atoms. The number of hydrogen-bond acceptors (Lipinski definition) is 4. The maximum Gasteiger partial charge on any atom is 0.245 e. The van der Waals surface area contributed by atoms with Crippen LogP contribution in [0.4, 0.5) is 0 Å². The molecule has 0 spiro atoms. The van der Waals surface area contributed by atoms with Crippen molar-refractivity contribution in [1.82, 2.24) is 19.7 Å². The summed E-state index contributed by atoms with van der Waals surface area (Å²) in [6, 6.07) is 19.7. The normalized spacial score (nSPS) is 16.0. The first-order valence-corrected chi connectivity index (χ1v) is 11.3. The number of ether oxygens (including phenoxy) is 1. The van der Waals surface area contributed by atoms with E-state index in [-0.39, 0.29) is 5.91 Å². The van der Waals surface area contributed by atoms with Gasteiger partial charge in [0.05, 0.1) is 5.52 Å². The number of aromatic nitrogens is 3. The number of fused-ring (bicyclic) bond motifs is 1. The Morgan fingerprint density at radius 3 is 2.67 bits per heavy atom. The van der Waals surface area contributed by atoms with Crippen LogP contribution in [0.15, 0.2) is 85.7 Å². The maximum absolute atomic E-state index is 12.1. The number of carbonyl (C=O) groups excluding carboxylic acids is 1. The van der Waals surface area contributed by atoms with Crippen molar-refractivity contribution in [2.24, 2.45) is 5.92 Å². The third-order valence-electron chi connectivity index (χ3n) is 6.10. The van der Waals surface area contributed by atoms with Crippen LogP contribution in [-0.4, -0.2) is 38.7 Å². The lowest BCUT2D eigenvalue weighted by Crippen LogP contribution is -2.40. The summed E-state index contributed by atoms with van der Waals surface area (Å²) in [6.07, 6.45) is 7.15. The van der Waals surface area contributed by atoms with Gasteiger partial charge in [-0.15, -0.1) is 0 Å². The Morgan fingerprint density at radius 2 is 1.88 bits per heavy atom. The van der Waals surface area contributed by atoms with Crippen LogP contribution in [0.5, 0.6) is 11.5 Å². The number of piperidine rings is 1. The molecule has 0 aliphatic carbocycles. The van der Waals surface area contributed by atoms with Gasteiger partial charge in [0.15, 0.2) is 0 Å². The highest BCUT2D eigenvalue weighted by atomic mass is 16.5. The summed E-state index contributed by atoms with van der Waals surface area (Å²) in [5.41, 5.74) is 2.97. The van der Waals surface area contributed by atoms with Gasteiger partial charge in [0.2, 0.25) is 5.91 Å². The molecule has 2 aromatic carbocycles. The van der Waals surface area contributed by atoms with Gasteiger partial charge in [-0.2, -0.15) is 5.10 Å². The Labute approximate surface area is 193 Å². The molecule has 1 aliphatic rings. The molecular weight excluding hydrogens is 412 g/mol. The molecule has 6 heteroatoms. The Bertz CT molecular complexity index is 1260. The Kier molecular flexibility index (Phi) is 5.89. The van der Waals surface area contributed by atoms with Crippen molar-refractivity contribution in [1.29, 1.82) is 0 Å². The van der Waals surface area contributed by atoms with Crippen molar-refractivity contribution in [3.63, 3.8) is 0 Å². The first-order chi connectivity index (χ1) is 16.2. The van der Waals surface area contributed by atoms with Crippen LogP contribution in [0.3, 0.4) is 0 Å². The second-order valence-electron chi connectivity index (χ2n) is 8.36. The van der Waals surface area contributed by atoms with Crippen LogP contribution >= 0.6 is 0 Å². The molecule has 3 heterocycles. The van der Waals surface area contributed by atoms with Gasteiger partial charge >= 0.3 is 0 Å². The molecular formula is C27H26N4O2. The van der Waals surface area contributed by atoms with E-state index in [0.29, 0.717) is 5.92 Å². The number of likely N-dealkylation sites (tertiary alicyclic amines) is 1. The lowest BCUT2D eigenvalue weighted by molar-refractivity contribution is -0.127. The summed E-state index contributed by atoms with van der Waals surface area (Å²) in [7, 11) is 0. The highest BCUT2D eigenvalue weighted by molar-refractivity contribution is 5.92. The zero-order valence-electron chi connectivity index (χ0n) is 18.4. The first-order valence-electron chi connectivity index (χ1n) is 11.3. The SMILES string of the molecule is C=CC(=O)N1CCCC(Cn2nc(-c3ccc(Oc4ccccc4)cc3)c3cnccc32)C1. The van der Waals surface area contributed by atoms with Crippen molar-refractivity contribution < 1.29 is 9.53 Å². The Morgan fingerprint density at radius 1 is 1.09 bits per heavy atom. The van der Waals surface area contributed by atoms with E-state index >= 15 is 0 Å². The van der Waals surface area contributed by atoms with Gasteiger partial charge in [0.25, 0.3) is 0 Å². The molecule has 0 N–H and O–H groups in total. The average Bonchev–Trinajstić information content (AvgIpc) is 3.23. The zero-order chi connectivity index (χ0) is 22.6. The van der Waals surface area contributed by atoms with Crippen LogP contribution < -0.4 is 4.74 Å². The average molecular weight is 439 g/mol. The predicted octanol–water partition coefficient (Wildman–Crippen LogP) is 5.32. The summed E-state index contributed by atoms with van der Waals surface area (Å²) in [6.45, 7) is 5.92. The van der Waals surface area contributed by atoms with Crippen molar-refractivity contribution in [3.05, 3.63) is 85.7 Å². The fourth-order valence-corrected chi connectivity index (χ4v) is 4.47. The molecule has 0 radical (unpaired) electrons. The number of hydrogen-bond donors (Lipinski definition) is 0. The molecule has 1 saturated heterocycles. The maximum atomic E-state index is 12.1. The van der Waals surface area contributed by atoms with Gasteiger partial charge in [0, 0.05) is 43.0 Å². The molecule has 0 bridgehead atoms. The molecule has 1 atom stereocenters. The largest absolute Gasteiger partial charge is 0.457 e. The van der Waals surface area contributed by atoms with Crippen LogP contribution in [0.25, 0.3) is 22.2 Å². The molecule has 1 aliphatic heterocycles. The molecule has 5 rings (SSSR count). The fraction of sp³-hybridized carbons (Fsp3) is 0.222. The summed E-state index contributed by atoms with van der Waals surface area (Å²) < 4.78 is 7.99. The number of carbonyl (C=O) groups is 1. The zero-order valence-corrected chi connectivity index (χ0v) is 18.4. The molecule has 166 valence electrons. The number of nitrogens with zero attached hydrogens (tertiary/aromatic N) is 4. The standard InChI is InChI=1S/C27H26N4O2/c1-2-26(32)30-16-6-7-20(18-30)19-31-25-14-15-28-17-24(25)27(29-31)21-10-12-23(13-11-21)33-22-8-4-3-5-9-22/h2-5,8-15,17,20H,1,6-7,16,18-19H2. The van der Waals surface area contributed by atoms with Gasteiger partial charge in [-0.05, 0) is 67.3 Å². The van der Waals surface area contributed by atoms with Crippen LogP contribution in [0, 0.1) is 5.92 Å². The van der Waals surface area contributed by atoms with Crippen molar-refractivity contribution >= 4 is 16.8 Å². The van der Waals surface area contributed by atoms with Crippen molar-refractivity contribution in [2.45, 2.75) is 19.4 Å². The number of pyridine rings is 1. The lowest BCUT2D eigenvalue weighted by Gasteiger charge is -2.32. The third-order valence-corrected chi connectivity index (χ3v) is 6.10. The monoisotopic (exact) mass is 438 g/mol. The minimum absolute atomic E-state index is 0.00715. The van der Waals surface area contributed by atoms with Crippen molar-refractivity contribution in [3.8, 4) is 22.8 Å². The quantitative estimate of drug-likeness (QED) is 0.383. The lowest BCUT2D eigenvalue weighted by atomic mass is 9.98. The van der Waals surface area contributed by atoms with E-state index in [0.717, 1.165) is 66.1 Å². The molecule has 2 aromatic heterocycles. The number of amides is 1. The van der Waals surface area contributed by atoms with E-state index in [2.05, 4.69) is 16.2 Å². The topological polar surface area (TPSA) is 60.2 Å². The van der Waals surface area contributed by atoms with Gasteiger partial charge in [0.1, 0.15) is 17.2 Å². The fourth-order valence-electron chi connectivity index (χ4n) is 4.47.